The van der Waals surface area contributed by atoms with Crippen LogP contribution >= 0.6 is 0 Å². The van der Waals surface area contributed by atoms with E-state index in [1.807, 2.05) is 0 Å². The molecule has 1 unspecified atom stereocenters. The Labute approximate surface area is 145 Å². The Morgan fingerprint density at radius 3 is 2.25 bits per heavy atom. The van der Waals surface area contributed by atoms with Crippen molar-refractivity contribution in [2.45, 2.75) is 57.5 Å². The van der Waals surface area contributed by atoms with Crippen LogP contribution in [0.5, 0.6) is 0 Å². The van der Waals surface area contributed by atoms with Gasteiger partial charge in [-0.25, -0.2) is 0 Å². The van der Waals surface area contributed by atoms with E-state index in [1.54, 1.807) is 0 Å². The van der Waals surface area contributed by atoms with Gasteiger partial charge in [0, 0.05) is 18.6 Å². The Kier molecular flexibility index (Phi) is 4.62. The number of carbonyl (C=O) groups excluding carboxylic acids is 1. The summed E-state index contributed by atoms with van der Waals surface area (Å²) in [5.41, 5.74) is 1.31. The lowest BCUT2D eigenvalue weighted by Crippen LogP contribution is -2.45. The van der Waals surface area contributed by atoms with Crippen LogP contribution in [0.4, 0.5) is 0 Å². The fraction of sp³-hybridized carbons (Fsp3) is 0.667. The average Bonchev–Trinajstić information content (AvgIpc) is 3.46. The zero-order valence-electron chi connectivity index (χ0n) is 14.8. The number of nitrogens with one attached hydrogen (secondary N) is 1. The number of amides is 1. The van der Waals surface area contributed by atoms with Crippen LogP contribution in [-0.2, 0) is 4.79 Å². The summed E-state index contributed by atoms with van der Waals surface area (Å²) in [6, 6.07) is 11.4. The molecule has 0 aliphatic heterocycles. The smallest absolute Gasteiger partial charge is 0.234 e. The molecule has 0 saturated heterocycles. The van der Waals surface area contributed by atoms with Gasteiger partial charge in [0.2, 0.25) is 5.91 Å². The van der Waals surface area contributed by atoms with Crippen LogP contribution < -0.4 is 5.32 Å². The maximum absolute atomic E-state index is 12.7. The van der Waals surface area contributed by atoms with Crippen LogP contribution in [0, 0.1) is 17.8 Å². The van der Waals surface area contributed by atoms with Crippen LogP contribution in [0.2, 0.25) is 0 Å². The van der Waals surface area contributed by atoms with Gasteiger partial charge in [0.05, 0.1) is 6.54 Å². The van der Waals surface area contributed by atoms with E-state index in [2.05, 4.69) is 47.5 Å². The molecule has 0 heterocycles. The minimum absolute atomic E-state index is 0.238. The van der Waals surface area contributed by atoms with Gasteiger partial charge in [-0.05, 0) is 68.8 Å². The minimum atomic E-state index is 0.238. The standard InChI is InChI=1S/C21H30N2O/c1-15(17-5-3-2-4-6-17)23(13-16-7-8-16)14-20(24)22-21(18-9-10-18)19-11-12-19/h2-6,15-16,18-19,21H,7-14H2,1H3,(H,22,24). The predicted octanol–water partition coefficient (Wildman–Crippen LogP) is 3.76. The predicted molar refractivity (Wildman–Crippen MR) is 96.5 cm³/mol. The highest BCUT2D eigenvalue weighted by Gasteiger charge is 2.42. The number of hydrogen-bond acceptors (Lipinski definition) is 2. The first kappa shape index (κ1) is 16.1. The minimum Gasteiger partial charge on any atom is -0.352 e. The van der Waals surface area contributed by atoms with Gasteiger partial charge in [0.15, 0.2) is 0 Å². The van der Waals surface area contributed by atoms with Crippen molar-refractivity contribution < 1.29 is 4.79 Å². The van der Waals surface area contributed by atoms with E-state index < -0.39 is 0 Å². The van der Waals surface area contributed by atoms with E-state index in [0.29, 0.717) is 18.6 Å². The third-order valence-electron chi connectivity index (χ3n) is 5.95. The number of nitrogens with zero attached hydrogens (tertiary/aromatic N) is 1. The highest BCUT2D eigenvalue weighted by molar-refractivity contribution is 5.78. The first-order chi connectivity index (χ1) is 11.7. The summed E-state index contributed by atoms with van der Waals surface area (Å²) in [5, 5.41) is 3.39. The van der Waals surface area contributed by atoms with Gasteiger partial charge in [-0.1, -0.05) is 30.3 Å². The zero-order valence-corrected chi connectivity index (χ0v) is 14.8. The molecule has 0 radical (unpaired) electrons. The lowest BCUT2D eigenvalue weighted by atomic mass is 10.1. The van der Waals surface area contributed by atoms with Gasteiger partial charge >= 0.3 is 0 Å². The Morgan fingerprint density at radius 1 is 1.08 bits per heavy atom. The maximum Gasteiger partial charge on any atom is 0.234 e. The molecule has 1 aromatic rings. The van der Waals surface area contributed by atoms with Crippen LogP contribution in [0.25, 0.3) is 0 Å². The van der Waals surface area contributed by atoms with Gasteiger partial charge in [-0.3, -0.25) is 9.69 Å². The Morgan fingerprint density at radius 2 is 1.71 bits per heavy atom. The molecule has 0 bridgehead atoms. The first-order valence-corrected chi connectivity index (χ1v) is 9.79. The molecule has 0 spiro atoms. The molecule has 1 atom stereocenters. The quantitative estimate of drug-likeness (QED) is 0.749. The van der Waals surface area contributed by atoms with Crippen LogP contribution in [-0.4, -0.2) is 29.9 Å². The number of benzene rings is 1. The summed E-state index contributed by atoms with van der Waals surface area (Å²) >= 11 is 0. The molecule has 1 N–H and O–H groups in total. The molecule has 3 saturated carbocycles. The lowest BCUT2D eigenvalue weighted by Gasteiger charge is -2.30. The number of hydrogen-bond donors (Lipinski definition) is 1. The molecule has 3 aliphatic rings. The summed E-state index contributed by atoms with van der Waals surface area (Å²) in [6.45, 7) is 3.84. The summed E-state index contributed by atoms with van der Waals surface area (Å²) in [7, 11) is 0. The fourth-order valence-corrected chi connectivity index (χ4v) is 3.88. The zero-order chi connectivity index (χ0) is 16.5. The maximum atomic E-state index is 12.7. The molecular formula is C21H30N2O. The molecule has 130 valence electrons. The molecule has 1 amide bonds. The Hall–Kier alpha value is -1.35. The average molecular weight is 326 g/mol. The van der Waals surface area contributed by atoms with E-state index in [4.69, 9.17) is 0 Å². The lowest BCUT2D eigenvalue weighted by molar-refractivity contribution is -0.123. The number of rotatable bonds is 9. The molecular weight excluding hydrogens is 296 g/mol. The molecule has 3 aliphatic carbocycles. The van der Waals surface area contributed by atoms with Crippen molar-refractivity contribution in [3.05, 3.63) is 35.9 Å². The molecule has 0 aromatic heterocycles. The van der Waals surface area contributed by atoms with E-state index in [1.165, 1.54) is 44.1 Å². The van der Waals surface area contributed by atoms with Gasteiger partial charge in [-0.15, -0.1) is 0 Å². The fourth-order valence-electron chi connectivity index (χ4n) is 3.88. The van der Waals surface area contributed by atoms with Crippen molar-refractivity contribution in [2.75, 3.05) is 13.1 Å². The van der Waals surface area contributed by atoms with Crippen molar-refractivity contribution in [1.29, 1.82) is 0 Å². The summed E-state index contributed by atoms with van der Waals surface area (Å²) in [6.07, 6.45) is 7.90. The second-order valence-electron chi connectivity index (χ2n) is 8.23. The second kappa shape index (κ2) is 6.87. The summed E-state index contributed by atoms with van der Waals surface area (Å²) in [5.74, 6) is 2.57. The van der Waals surface area contributed by atoms with Crippen LogP contribution in [0.3, 0.4) is 0 Å². The SMILES string of the molecule is CC(c1ccccc1)N(CC(=O)NC(C1CC1)C1CC1)CC1CC1. The largest absolute Gasteiger partial charge is 0.352 e. The Bertz CT molecular complexity index is 548. The topological polar surface area (TPSA) is 32.3 Å². The molecule has 24 heavy (non-hydrogen) atoms. The first-order valence-electron chi connectivity index (χ1n) is 9.79. The van der Waals surface area contributed by atoms with Crippen molar-refractivity contribution in [2.24, 2.45) is 17.8 Å². The monoisotopic (exact) mass is 326 g/mol. The van der Waals surface area contributed by atoms with Crippen LogP contribution in [0.15, 0.2) is 30.3 Å². The third-order valence-corrected chi connectivity index (χ3v) is 5.95. The summed E-state index contributed by atoms with van der Waals surface area (Å²) < 4.78 is 0. The second-order valence-corrected chi connectivity index (χ2v) is 8.23. The molecule has 4 rings (SSSR count). The molecule has 3 nitrogen and oxygen atoms in total. The number of carbonyl (C=O) groups is 1. The van der Waals surface area contributed by atoms with Gasteiger partial charge in [0.1, 0.15) is 0 Å². The van der Waals surface area contributed by atoms with E-state index in [9.17, 15) is 4.79 Å². The van der Waals surface area contributed by atoms with E-state index in [-0.39, 0.29) is 5.91 Å². The van der Waals surface area contributed by atoms with Crippen molar-refractivity contribution in [1.82, 2.24) is 10.2 Å². The highest BCUT2D eigenvalue weighted by atomic mass is 16.2. The summed E-state index contributed by atoms with van der Waals surface area (Å²) in [4.78, 5) is 15.1. The molecule has 3 fully saturated rings. The van der Waals surface area contributed by atoms with Crippen molar-refractivity contribution in [3.8, 4) is 0 Å². The molecule has 1 aromatic carbocycles. The third kappa shape index (κ3) is 4.18. The van der Waals surface area contributed by atoms with Gasteiger partial charge in [-0.2, -0.15) is 0 Å². The van der Waals surface area contributed by atoms with Gasteiger partial charge < -0.3 is 5.32 Å². The van der Waals surface area contributed by atoms with Gasteiger partial charge in [0.25, 0.3) is 0 Å². The van der Waals surface area contributed by atoms with Crippen LogP contribution in [0.1, 0.15) is 57.1 Å². The Balaban J connectivity index is 1.38. The van der Waals surface area contributed by atoms with Crippen molar-refractivity contribution in [3.63, 3.8) is 0 Å². The van der Waals surface area contributed by atoms with E-state index in [0.717, 1.165) is 24.3 Å². The van der Waals surface area contributed by atoms with Crippen molar-refractivity contribution >= 4 is 5.91 Å². The highest BCUT2D eigenvalue weighted by Crippen LogP contribution is 2.44. The molecule has 3 heteroatoms. The van der Waals surface area contributed by atoms with E-state index >= 15 is 0 Å². The normalized spacial score (nSPS) is 22.0.